The Morgan fingerprint density at radius 2 is 1.94 bits per heavy atom. The highest BCUT2D eigenvalue weighted by Gasteiger charge is 2.17. The van der Waals surface area contributed by atoms with Gasteiger partial charge >= 0.3 is 0 Å². The van der Waals surface area contributed by atoms with Gasteiger partial charge in [-0.2, -0.15) is 0 Å². The highest BCUT2D eigenvalue weighted by molar-refractivity contribution is 5.69. The van der Waals surface area contributed by atoms with Crippen molar-refractivity contribution in [2.24, 2.45) is 5.73 Å². The minimum Gasteiger partial charge on any atom is -0.489 e. The van der Waals surface area contributed by atoms with E-state index in [0.717, 1.165) is 18.4 Å². The quantitative estimate of drug-likeness (QED) is 0.457. The van der Waals surface area contributed by atoms with Crippen LogP contribution >= 0.6 is 0 Å². The lowest BCUT2D eigenvalue weighted by atomic mass is 10.1. The largest absolute Gasteiger partial charge is 0.489 e. The molecule has 168 valence electrons. The molecule has 5 N–H and O–H groups in total. The Hall–Kier alpha value is -3.43. The summed E-state index contributed by atoms with van der Waals surface area (Å²) in [6, 6.07) is 11.8. The van der Waals surface area contributed by atoms with Crippen LogP contribution < -0.4 is 26.3 Å². The number of benzene rings is 2. The molecule has 0 spiro atoms. The van der Waals surface area contributed by atoms with Crippen LogP contribution in [0.15, 0.2) is 48.7 Å². The van der Waals surface area contributed by atoms with E-state index in [1.807, 2.05) is 18.2 Å². The van der Waals surface area contributed by atoms with Crippen molar-refractivity contribution in [1.82, 2.24) is 9.97 Å². The third-order valence-corrected chi connectivity index (χ3v) is 4.99. The van der Waals surface area contributed by atoms with Crippen molar-refractivity contribution in [2.75, 3.05) is 37.4 Å². The maximum Gasteiger partial charge on any atom is 0.227 e. The van der Waals surface area contributed by atoms with Gasteiger partial charge in [0, 0.05) is 42.9 Å². The van der Waals surface area contributed by atoms with Gasteiger partial charge in [0.05, 0.1) is 24.6 Å². The first kappa shape index (κ1) is 21.8. The Morgan fingerprint density at radius 1 is 1.09 bits per heavy atom. The zero-order chi connectivity index (χ0) is 22.3. The Kier molecular flexibility index (Phi) is 6.98. The van der Waals surface area contributed by atoms with E-state index in [2.05, 4.69) is 15.3 Å². The Balaban J connectivity index is 1.48. The minimum absolute atomic E-state index is 0.112. The first-order valence-corrected chi connectivity index (χ1v) is 10.5. The number of nitrogen functional groups attached to an aromatic ring is 1. The van der Waals surface area contributed by atoms with Gasteiger partial charge in [-0.1, -0.05) is 0 Å². The molecular formula is C23H26FN5O3. The molecule has 0 unspecified atom stereocenters. The summed E-state index contributed by atoms with van der Waals surface area (Å²) in [4.78, 5) is 8.80. The third-order valence-electron chi connectivity index (χ3n) is 4.99. The van der Waals surface area contributed by atoms with Crippen LogP contribution in [0.1, 0.15) is 12.8 Å². The van der Waals surface area contributed by atoms with E-state index in [1.165, 1.54) is 6.07 Å². The molecule has 4 rings (SSSR count). The van der Waals surface area contributed by atoms with E-state index < -0.39 is 5.82 Å². The van der Waals surface area contributed by atoms with Crippen LogP contribution in [0.3, 0.4) is 0 Å². The fourth-order valence-electron chi connectivity index (χ4n) is 3.36. The van der Waals surface area contributed by atoms with Crippen molar-refractivity contribution in [3.63, 3.8) is 0 Å². The molecule has 1 aliphatic rings. The summed E-state index contributed by atoms with van der Waals surface area (Å²) in [5, 5.41) is 3.07. The predicted octanol–water partition coefficient (Wildman–Crippen LogP) is 3.50. The van der Waals surface area contributed by atoms with Crippen LogP contribution in [0.2, 0.25) is 0 Å². The number of hydrogen-bond donors (Lipinski definition) is 3. The molecule has 2 aromatic carbocycles. The number of ether oxygens (including phenoxy) is 3. The van der Waals surface area contributed by atoms with Crippen molar-refractivity contribution in [3.05, 3.63) is 54.5 Å². The van der Waals surface area contributed by atoms with Crippen LogP contribution in [0.5, 0.6) is 11.5 Å². The summed E-state index contributed by atoms with van der Waals surface area (Å²) in [6.45, 7) is 1.93. The third kappa shape index (κ3) is 5.43. The second kappa shape index (κ2) is 10.3. The van der Waals surface area contributed by atoms with Crippen LogP contribution in [-0.2, 0) is 4.74 Å². The molecule has 0 radical (unpaired) electrons. The van der Waals surface area contributed by atoms with E-state index in [0.29, 0.717) is 48.5 Å². The van der Waals surface area contributed by atoms with Gasteiger partial charge in [-0.25, -0.2) is 14.4 Å². The number of hydrogen-bond acceptors (Lipinski definition) is 8. The van der Waals surface area contributed by atoms with Gasteiger partial charge in [0.25, 0.3) is 0 Å². The Bertz CT molecular complexity index is 1060. The number of nitrogens with one attached hydrogen (secondary N) is 1. The molecule has 32 heavy (non-hydrogen) atoms. The van der Waals surface area contributed by atoms with Crippen molar-refractivity contribution < 1.29 is 18.6 Å². The molecule has 2 heterocycles. The predicted molar refractivity (Wildman–Crippen MR) is 121 cm³/mol. The fraction of sp³-hybridized carbons (Fsp3) is 0.304. The normalized spacial score (nSPS) is 14.2. The van der Waals surface area contributed by atoms with Crippen molar-refractivity contribution in [3.8, 4) is 22.8 Å². The molecule has 8 nitrogen and oxygen atoms in total. The van der Waals surface area contributed by atoms with Crippen LogP contribution in [0.4, 0.5) is 21.7 Å². The van der Waals surface area contributed by atoms with Crippen molar-refractivity contribution in [2.45, 2.75) is 18.9 Å². The highest BCUT2D eigenvalue weighted by Crippen LogP contribution is 2.30. The molecule has 1 fully saturated rings. The first-order chi connectivity index (χ1) is 15.6. The van der Waals surface area contributed by atoms with E-state index in [1.54, 1.807) is 24.4 Å². The highest BCUT2D eigenvalue weighted by atomic mass is 19.1. The first-order valence-electron chi connectivity index (χ1n) is 10.5. The van der Waals surface area contributed by atoms with E-state index in [4.69, 9.17) is 25.7 Å². The number of aromatic nitrogens is 2. The molecule has 9 heteroatoms. The van der Waals surface area contributed by atoms with Gasteiger partial charge in [0.2, 0.25) is 5.95 Å². The van der Waals surface area contributed by atoms with Gasteiger partial charge in [0.1, 0.15) is 18.5 Å². The molecule has 0 aliphatic carbocycles. The van der Waals surface area contributed by atoms with E-state index in [9.17, 15) is 4.39 Å². The molecule has 0 saturated carbocycles. The van der Waals surface area contributed by atoms with Crippen LogP contribution in [0.25, 0.3) is 11.3 Å². The second-order valence-electron chi connectivity index (χ2n) is 7.36. The molecule has 1 aromatic heterocycles. The number of anilines is 3. The molecular weight excluding hydrogens is 413 g/mol. The van der Waals surface area contributed by atoms with Gasteiger partial charge < -0.3 is 31.0 Å². The molecule has 1 aliphatic heterocycles. The van der Waals surface area contributed by atoms with Crippen molar-refractivity contribution >= 4 is 17.3 Å². The van der Waals surface area contributed by atoms with E-state index >= 15 is 0 Å². The SMILES string of the molecule is NCCOc1cc(Nc2nccc(-c3ccc(OC4CCOCC4)c(N)c3)n2)ccc1F. The second-order valence-corrected chi connectivity index (χ2v) is 7.36. The molecule has 3 aromatic rings. The minimum atomic E-state index is -0.461. The van der Waals surface area contributed by atoms with Gasteiger partial charge in [0.15, 0.2) is 11.6 Å². The zero-order valence-electron chi connectivity index (χ0n) is 17.6. The Morgan fingerprint density at radius 3 is 2.72 bits per heavy atom. The summed E-state index contributed by atoms with van der Waals surface area (Å²) >= 11 is 0. The van der Waals surface area contributed by atoms with Gasteiger partial charge in [-0.05, 0) is 36.4 Å². The maximum absolute atomic E-state index is 13.9. The summed E-state index contributed by atoms with van der Waals surface area (Å²) < 4.78 is 30.6. The van der Waals surface area contributed by atoms with Gasteiger partial charge in [-0.15, -0.1) is 0 Å². The topological polar surface area (TPSA) is 118 Å². The lowest BCUT2D eigenvalue weighted by Crippen LogP contribution is -2.26. The summed E-state index contributed by atoms with van der Waals surface area (Å²) in [5.41, 5.74) is 14.3. The molecule has 0 amide bonds. The smallest absolute Gasteiger partial charge is 0.227 e. The maximum atomic E-state index is 13.9. The average Bonchev–Trinajstić information content (AvgIpc) is 2.81. The number of nitrogens with two attached hydrogens (primary N) is 2. The molecule has 1 saturated heterocycles. The van der Waals surface area contributed by atoms with Crippen LogP contribution in [0, 0.1) is 5.82 Å². The molecule has 0 atom stereocenters. The van der Waals surface area contributed by atoms with E-state index in [-0.39, 0.29) is 18.5 Å². The van der Waals surface area contributed by atoms with Crippen molar-refractivity contribution in [1.29, 1.82) is 0 Å². The Labute approximate surface area is 185 Å². The van der Waals surface area contributed by atoms with Crippen LogP contribution in [-0.4, -0.2) is 42.4 Å². The zero-order valence-corrected chi connectivity index (χ0v) is 17.6. The fourth-order valence-corrected chi connectivity index (χ4v) is 3.36. The number of rotatable bonds is 8. The van der Waals surface area contributed by atoms with Gasteiger partial charge in [-0.3, -0.25) is 0 Å². The summed E-state index contributed by atoms with van der Waals surface area (Å²) in [6.07, 6.45) is 3.46. The average molecular weight is 439 g/mol. The lowest BCUT2D eigenvalue weighted by Gasteiger charge is -2.24. The number of halogens is 1. The standard InChI is InChI=1S/C23H26FN5O3/c24-18-3-2-16(14-22(18)31-12-8-25)28-23-27-9-5-20(29-23)15-1-4-21(19(26)13-15)32-17-6-10-30-11-7-17/h1-5,9,13-14,17H,6-8,10-12,25-26H2,(H,27,28,29). The number of nitrogens with zero attached hydrogens (tertiary/aromatic N) is 2. The monoisotopic (exact) mass is 439 g/mol. The molecule has 0 bridgehead atoms. The lowest BCUT2D eigenvalue weighted by molar-refractivity contribution is 0.0259. The summed E-state index contributed by atoms with van der Waals surface area (Å²) in [5.74, 6) is 0.672. The summed E-state index contributed by atoms with van der Waals surface area (Å²) in [7, 11) is 0.